The Labute approximate surface area is 102 Å². The van der Waals surface area contributed by atoms with Crippen LogP contribution in [0.5, 0.6) is 0 Å². The molecule has 0 aliphatic heterocycles. The van der Waals surface area contributed by atoms with E-state index in [0.717, 1.165) is 6.92 Å². The minimum absolute atomic E-state index is 0.641. The van der Waals surface area contributed by atoms with Crippen molar-refractivity contribution in [1.82, 2.24) is 0 Å². The van der Waals surface area contributed by atoms with E-state index in [-0.39, 0.29) is 0 Å². The summed E-state index contributed by atoms with van der Waals surface area (Å²) in [5, 5.41) is 16.8. The Morgan fingerprint density at radius 2 is 1.50 bits per heavy atom. The SMILES string of the molecule is CC(=O)O[C@@H](CC(=O)CC(=O)O)C(=O)CC(=O)O. The summed E-state index contributed by atoms with van der Waals surface area (Å²) in [6, 6.07) is 0. The van der Waals surface area contributed by atoms with Gasteiger partial charge in [0.05, 0.1) is 6.42 Å². The molecule has 0 bridgehead atoms. The molecule has 0 spiro atoms. The van der Waals surface area contributed by atoms with E-state index in [2.05, 4.69) is 4.74 Å². The van der Waals surface area contributed by atoms with Gasteiger partial charge in [0.25, 0.3) is 0 Å². The summed E-state index contributed by atoms with van der Waals surface area (Å²) in [5.74, 6) is -5.46. The van der Waals surface area contributed by atoms with Gasteiger partial charge in [-0.15, -0.1) is 0 Å². The Balaban J connectivity index is 4.62. The Bertz CT molecular complexity index is 383. The standard InChI is InChI=1S/C10H12O8/c1-5(11)18-8(7(13)4-10(16)17)2-6(12)3-9(14)15/h8H,2-4H2,1H3,(H,14,15)(H,16,17)/t8-/m0/s1. The first-order valence-electron chi connectivity index (χ1n) is 4.87. The average molecular weight is 260 g/mol. The highest BCUT2D eigenvalue weighted by atomic mass is 16.5. The van der Waals surface area contributed by atoms with Crippen LogP contribution in [0, 0.1) is 0 Å². The molecular formula is C10H12O8. The van der Waals surface area contributed by atoms with Gasteiger partial charge in [0, 0.05) is 6.92 Å². The zero-order valence-corrected chi connectivity index (χ0v) is 9.54. The number of aliphatic carboxylic acids is 2. The Morgan fingerprint density at radius 1 is 1.00 bits per heavy atom. The van der Waals surface area contributed by atoms with Gasteiger partial charge in [-0.25, -0.2) is 0 Å². The third kappa shape index (κ3) is 7.09. The van der Waals surface area contributed by atoms with E-state index in [1.165, 1.54) is 0 Å². The van der Waals surface area contributed by atoms with Crippen LogP contribution in [0.1, 0.15) is 26.2 Å². The van der Waals surface area contributed by atoms with E-state index in [0.29, 0.717) is 0 Å². The van der Waals surface area contributed by atoms with Gasteiger partial charge in [-0.1, -0.05) is 0 Å². The van der Waals surface area contributed by atoms with E-state index in [4.69, 9.17) is 10.2 Å². The van der Waals surface area contributed by atoms with Crippen LogP contribution >= 0.6 is 0 Å². The van der Waals surface area contributed by atoms with Crippen molar-refractivity contribution >= 4 is 29.5 Å². The summed E-state index contributed by atoms with van der Waals surface area (Å²) in [6.45, 7) is 0.989. The third-order valence-corrected chi connectivity index (χ3v) is 1.75. The fraction of sp³-hybridized carbons (Fsp3) is 0.500. The minimum Gasteiger partial charge on any atom is -0.481 e. The van der Waals surface area contributed by atoms with Crippen molar-refractivity contribution in [1.29, 1.82) is 0 Å². The summed E-state index contributed by atoms with van der Waals surface area (Å²) < 4.78 is 4.50. The normalized spacial score (nSPS) is 11.4. The van der Waals surface area contributed by atoms with Gasteiger partial charge in [0.1, 0.15) is 18.6 Å². The van der Waals surface area contributed by atoms with Crippen molar-refractivity contribution in [2.75, 3.05) is 0 Å². The summed E-state index contributed by atoms with van der Waals surface area (Å²) in [7, 11) is 0. The van der Waals surface area contributed by atoms with E-state index in [1.54, 1.807) is 0 Å². The lowest BCUT2D eigenvalue weighted by atomic mass is 10.0. The molecular weight excluding hydrogens is 248 g/mol. The second-order valence-electron chi connectivity index (χ2n) is 3.45. The fourth-order valence-corrected chi connectivity index (χ4v) is 1.13. The quantitative estimate of drug-likeness (QED) is 0.436. The molecule has 1 atom stereocenters. The highest BCUT2D eigenvalue weighted by Crippen LogP contribution is 2.07. The predicted molar refractivity (Wildman–Crippen MR) is 54.7 cm³/mol. The van der Waals surface area contributed by atoms with Crippen molar-refractivity contribution in [2.24, 2.45) is 0 Å². The molecule has 0 amide bonds. The van der Waals surface area contributed by atoms with Gasteiger partial charge < -0.3 is 14.9 Å². The summed E-state index contributed by atoms with van der Waals surface area (Å²) >= 11 is 0. The first kappa shape index (κ1) is 15.8. The lowest BCUT2D eigenvalue weighted by molar-refractivity contribution is -0.157. The molecule has 0 fully saturated rings. The van der Waals surface area contributed by atoms with Gasteiger partial charge in [-0.2, -0.15) is 0 Å². The first-order valence-corrected chi connectivity index (χ1v) is 4.87. The molecule has 0 aromatic heterocycles. The highest BCUT2D eigenvalue weighted by Gasteiger charge is 2.27. The molecule has 0 aromatic carbocycles. The van der Waals surface area contributed by atoms with E-state index in [1.807, 2.05) is 0 Å². The van der Waals surface area contributed by atoms with Gasteiger partial charge in [-0.05, 0) is 0 Å². The predicted octanol–water partition coefficient (Wildman–Crippen LogP) is -0.604. The smallest absolute Gasteiger partial charge is 0.311 e. The van der Waals surface area contributed by atoms with Gasteiger partial charge >= 0.3 is 17.9 Å². The van der Waals surface area contributed by atoms with E-state index in [9.17, 15) is 24.0 Å². The van der Waals surface area contributed by atoms with Crippen LogP contribution in [0.2, 0.25) is 0 Å². The molecule has 0 aliphatic carbocycles. The molecule has 100 valence electrons. The van der Waals surface area contributed by atoms with Crippen molar-refractivity contribution in [2.45, 2.75) is 32.3 Å². The maximum absolute atomic E-state index is 11.4. The van der Waals surface area contributed by atoms with Crippen LogP contribution in [-0.4, -0.2) is 45.8 Å². The molecule has 0 aliphatic rings. The maximum atomic E-state index is 11.4. The number of ketones is 2. The topological polar surface area (TPSA) is 135 Å². The van der Waals surface area contributed by atoms with Crippen LogP contribution in [0.25, 0.3) is 0 Å². The van der Waals surface area contributed by atoms with Crippen molar-refractivity contribution in [3.63, 3.8) is 0 Å². The van der Waals surface area contributed by atoms with Crippen molar-refractivity contribution < 1.29 is 38.9 Å². The van der Waals surface area contributed by atoms with Gasteiger partial charge in [0.15, 0.2) is 11.9 Å². The molecule has 8 nitrogen and oxygen atoms in total. The Hall–Kier alpha value is -2.25. The lowest BCUT2D eigenvalue weighted by Gasteiger charge is -2.13. The number of carbonyl (C=O) groups is 5. The van der Waals surface area contributed by atoms with Gasteiger partial charge in [0.2, 0.25) is 0 Å². The third-order valence-electron chi connectivity index (χ3n) is 1.75. The zero-order chi connectivity index (χ0) is 14.3. The van der Waals surface area contributed by atoms with Crippen LogP contribution in [0.4, 0.5) is 0 Å². The Morgan fingerprint density at radius 3 is 1.89 bits per heavy atom. The number of carbonyl (C=O) groups excluding carboxylic acids is 3. The number of Topliss-reactive ketones (excluding diaryl/α,β-unsaturated/α-hetero) is 2. The van der Waals surface area contributed by atoms with Crippen LogP contribution in [0.15, 0.2) is 0 Å². The molecule has 0 saturated heterocycles. The second-order valence-corrected chi connectivity index (χ2v) is 3.45. The number of hydrogen-bond acceptors (Lipinski definition) is 6. The molecule has 0 saturated carbocycles. The van der Waals surface area contributed by atoms with E-state index < -0.39 is 54.8 Å². The van der Waals surface area contributed by atoms with Crippen LogP contribution in [0.3, 0.4) is 0 Å². The second kappa shape index (κ2) is 7.15. The number of rotatable bonds is 8. The molecule has 2 N–H and O–H groups in total. The molecule has 18 heavy (non-hydrogen) atoms. The zero-order valence-electron chi connectivity index (χ0n) is 9.54. The average Bonchev–Trinajstić information content (AvgIpc) is 2.13. The monoisotopic (exact) mass is 260 g/mol. The number of hydrogen-bond donors (Lipinski definition) is 2. The molecule has 0 heterocycles. The Kier molecular flexibility index (Phi) is 6.26. The molecule has 0 aromatic rings. The number of carboxylic acids is 2. The summed E-state index contributed by atoms with van der Waals surface area (Å²) in [5.41, 5.74) is 0. The molecule has 0 radical (unpaired) electrons. The minimum atomic E-state index is -1.55. The van der Waals surface area contributed by atoms with Crippen LogP contribution in [-0.2, 0) is 28.7 Å². The largest absolute Gasteiger partial charge is 0.481 e. The highest BCUT2D eigenvalue weighted by molar-refractivity contribution is 6.02. The molecule has 8 heteroatoms. The summed E-state index contributed by atoms with van der Waals surface area (Å²) in [6.07, 6.45) is -3.92. The lowest BCUT2D eigenvalue weighted by Crippen LogP contribution is -2.31. The van der Waals surface area contributed by atoms with E-state index >= 15 is 0 Å². The maximum Gasteiger partial charge on any atom is 0.311 e. The van der Waals surface area contributed by atoms with Crippen molar-refractivity contribution in [3.8, 4) is 0 Å². The first-order chi connectivity index (χ1) is 8.22. The molecule has 0 unspecified atom stereocenters. The molecule has 0 rings (SSSR count). The number of esters is 1. The number of ether oxygens (including phenoxy) is 1. The fourth-order valence-electron chi connectivity index (χ4n) is 1.13. The van der Waals surface area contributed by atoms with Crippen LogP contribution < -0.4 is 0 Å². The van der Waals surface area contributed by atoms with Gasteiger partial charge in [-0.3, -0.25) is 24.0 Å². The van der Waals surface area contributed by atoms with Crippen molar-refractivity contribution in [3.05, 3.63) is 0 Å². The number of carboxylic acid groups (broad SMARTS) is 2. The summed E-state index contributed by atoms with van der Waals surface area (Å²) in [4.78, 5) is 53.8.